The van der Waals surface area contributed by atoms with Crippen LogP contribution in [0.4, 0.5) is 4.39 Å². The van der Waals surface area contributed by atoms with Crippen LogP contribution in [0.15, 0.2) is 30.6 Å². The Morgan fingerprint density at radius 1 is 1.35 bits per heavy atom. The van der Waals surface area contributed by atoms with Crippen molar-refractivity contribution in [2.75, 3.05) is 6.54 Å². The molecular formula is C16H22FN3. The monoisotopic (exact) mass is 275 g/mol. The van der Waals surface area contributed by atoms with Gasteiger partial charge in [0, 0.05) is 31.4 Å². The summed E-state index contributed by atoms with van der Waals surface area (Å²) in [4.78, 5) is 4.40. The summed E-state index contributed by atoms with van der Waals surface area (Å²) in [5, 5.41) is 3.42. The number of aromatic nitrogens is 2. The number of aryl methyl sites for hydroxylation is 2. The van der Waals surface area contributed by atoms with Crippen molar-refractivity contribution >= 4 is 0 Å². The van der Waals surface area contributed by atoms with Crippen LogP contribution in [0.3, 0.4) is 0 Å². The SMILES string of the molecule is CCNC(Cc1nccn1CC)c1ccc(C)c(F)c1. The van der Waals surface area contributed by atoms with E-state index in [9.17, 15) is 4.39 Å². The maximum atomic E-state index is 13.8. The average molecular weight is 275 g/mol. The van der Waals surface area contributed by atoms with Crippen LogP contribution in [0.2, 0.25) is 0 Å². The van der Waals surface area contributed by atoms with Crippen LogP contribution in [0.5, 0.6) is 0 Å². The Kier molecular flexibility index (Phi) is 4.90. The molecule has 0 fully saturated rings. The molecule has 108 valence electrons. The van der Waals surface area contributed by atoms with Crippen molar-refractivity contribution in [1.29, 1.82) is 0 Å². The first-order valence-electron chi connectivity index (χ1n) is 7.15. The minimum absolute atomic E-state index is 0.0859. The summed E-state index contributed by atoms with van der Waals surface area (Å²) >= 11 is 0. The third-order valence-corrected chi connectivity index (χ3v) is 3.58. The molecule has 0 aliphatic carbocycles. The molecule has 0 saturated heterocycles. The topological polar surface area (TPSA) is 29.9 Å². The summed E-state index contributed by atoms with van der Waals surface area (Å²) < 4.78 is 15.9. The second-order valence-electron chi connectivity index (χ2n) is 4.95. The fraction of sp³-hybridized carbons (Fsp3) is 0.438. The van der Waals surface area contributed by atoms with Crippen LogP contribution in [0.1, 0.15) is 36.8 Å². The largest absolute Gasteiger partial charge is 0.335 e. The molecule has 4 heteroatoms. The van der Waals surface area contributed by atoms with E-state index in [1.54, 1.807) is 13.0 Å². The Hall–Kier alpha value is -1.68. The van der Waals surface area contributed by atoms with Crippen LogP contribution in [-0.2, 0) is 13.0 Å². The molecule has 20 heavy (non-hydrogen) atoms. The Balaban J connectivity index is 2.24. The number of hydrogen-bond acceptors (Lipinski definition) is 2. The van der Waals surface area contributed by atoms with Gasteiger partial charge >= 0.3 is 0 Å². The molecule has 2 rings (SSSR count). The van der Waals surface area contributed by atoms with E-state index in [0.29, 0.717) is 5.56 Å². The van der Waals surface area contributed by atoms with Crippen LogP contribution in [-0.4, -0.2) is 16.1 Å². The van der Waals surface area contributed by atoms with Crippen LogP contribution >= 0.6 is 0 Å². The molecule has 0 spiro atoms. The predicted octanol–water partition coefficient (Wildman–Crippen LogP) is 3.24. The number of benzene rings is 1. The lowest BCUT2D eigenvalue weighted by Crippen LogP contribution is -2.24. The summed E-state index contributed by atoms with van der Waals surface area (Å²) in [6, 6.07) is 5.54. The Labute approximate surface area is 119 Å². The maximum Gasteiger partial charge on any atom is 0.126 e. The lowest BCUT2D eigenvalue weighted by molar-refractivity contribution is 0.517. The summed E-state index contributed by atoms with van der Waals surface area (Å²) in [5.74, 6) is 0.878. The highest BCUT2D eigenvalue weighted by molar-refractivity contribution is 5.26. The molecular weight excluding hydrogens is 253 g/mol. The highest BCUT2D eigenvalue weighted by atomic mass is 19.1. The van der Waals surface area contributed by atoms with Crippen LogP contribution < -0.4 is 5.32 Å². The van der Waals surface area contributed by atoms with Gasteiger partial charge in [0.1, 0.15) is 11.6 Å². The van der Waals surface area contributed by atoms with Gasteiger partial charge in [0.15, 0.2) is 0 Å². The van der Waals surface area contributed by atoms with E-state index in [4.69, 9.17) is 0 Å². The van der Waals surface area contributed by atoms with E-state index in [1.807, 2.05) is 24.5 Å². The van der Waals surface area contributed by atoms with Gasteiger partial charge in [0.25, 0.3) is 0 Å². The van der Waals surface area contributed by atoms with Gasteiger partial charge in [0.05, 0.1) is 0 Å². The molecule has 0 radical (unpaired) electrons. The highest BCUT2D eigenvalue weighted by Crippen LogP contribution is 2.20. The first-order valence-corrected chi connectivity index (χ1v) is 7.15. The summed E-state index contributed by atoms with van der Waals surface area (Å²) in [6.45, 7) is 7.68. The molecule has 0 amide bonds. The lowest BCUT2D eigenvalue weighted by atomic mass is 10.0. The zero-order valence-corrected chi connectivity index (χ0v) is 12.4. The average Bonchev–Trinajstić information content (AvgIpc) is 2.88. The number of rotatable bonds is 6. The first kappa shape index (κ1) is 14.7. The zero-order valence-electron chi connectivity index (χ0n) is 12.4. The molecule has 1 aromatic heterocycles. The number of imidazole rings is 1. The van der Waals surface area contributed by atoms with E-state index in [2.05, 4.69) is 28.7 Å². The molecule has 0 bridgehead atoms. The number of nitrogens with one attached hydrogen (secondary N) is 1. The van der Waals surface area contributed by atoms with E-state index >= 15 is 0 Å². The fourth-order valence-corrected chi connectivity index (χ4v) is 2.38. The van der Waals surface area contributed by atoms with Crippen LogP contribution in [0, 0.1) is 12.7 Å². The smallest absolute Gasteiger partial charge is 0.126 e. The summed E-state index contributed by atoms with van der Waals surface area (Å²) in [6.07, 6.45) is 4.56. The van der Waals surface area contributed by atoms with Gasteiger partial charge in [-0.15, -0.1) is 0 Å². The van der Waals surface area contributed by atoms with E-state index < -0.39 is 0 Å². The summed E-state index contributed by atoms with van der Waals surface area (Å²) in [7, 11) is 0. The fourth-order valence-electron chi connectivity index (χ4n) is 2.38. The maximum absolute atomic E-state index is 13.8. The van der Waals surface area contributed by atoms with E-state index in [-0.39, 0.29) is 11.9 Å². The number of hydrogen-bond donors (Lipinski definition) is 1. The van der Waals surface area contributed by atoms with Gasteiger partial charge in [-0.05, 0) is 37.6 Å². The molecule has 1 heterocycles. The number of halogens is 1. The number of nitrogens with zero attached hydrogens (tertiary/aromatic N) is 2. The van der Waals surface area contributed by atoms with Crippen molar-refractivity contribution < 1.29 is 4.39 Å². The molecule has 0 saturated carbocycles. The summed E-state index contributed by atoms with van der Waals surface area (Å²) in [5.41, 5.74) is 1.65. The Morgan fingerprint density at radius 2 is 2.15 bits per heavy atom. The molecule has 1 N–H and O–H groups in total. The second kappa shape index (κ2) is 6.66. The third-order valence-electron chi connectivity index (χ3n) is 3.58. The normalized spacial score (nSPS) is 12.6. The van der Waals surface area contributed by atoms with Crippen molar-refractivity contribution in [3.8, 4) is 0 Å². The lowest BCUT2D eigenvalue weighted by Gasteiger charge is -2.19. The molecule has 1 atom stereocenters. The Bertz CT molecular complexity index is 563. The standard InChI is InChI=1S/C16H22FN3/c1-4-18-15(11-16-19-8-9-20(16)5-2)13-7-6-12(3)14(17)10-13/h6-10,15,18H,4-5,11H2,1-3H3. The van der Waals surface area contributed by atoms with Crippen molar-refractivity contribution in [3.05, 3.63) is 53.4 Å². The van der Waals surface area contributed by atoms with Gasteiger partial charge in [-0.1, -0.05) is 19.1 Å². The van der Waals surface area contributed by atoms with Gasteiger partial charge in [-0.2, -0.15) is 0 Å². The van der Waals surface area contributed by atoms with E-state index in [1.165, 1.54) is 0 Å². The first-order chi connectivity index (χ1) is 9.65. The van der Waals surface area contributed by atoms with Crippen molar-refractivity contribution in [2.24, 2.45) is 0 Å². The molecule has 2 aromatic rings. The van der Waals surface area contributed by atoms with Gasteiger partial charge in [-0.25, -0.2) is 9.37 Å². The van der Waals surface area contributed by atoms with Gasteiger partial charge in [-0.3, -0.25) is 0 Å². The quantitative estimate of drug-likeness (QED) is 0.877. The van der Waals surface area contributed by atoms with Gasteiger partial charge in [0.2, 0.25) is 0 Å². The van der Waals surface area contributed by atoms with Gasteiger partial charge < -0.3 is 9.88 Å². The molecule has 0 aliphatic heterocycles. The second-order valence-corrected chi connectivity index (χ2v) is 4.95. The Morgan fingerprint density at radius 3 is 2.80 bits per heavy atom. The predicted molar refractivity (Wildman–Crippen MR) is 79.2 cm³/mol. The molecule has 1 unspecified atom stereocenters. The third kappa shape index (κ3) is 3.25. The van der Waals surface area contributed by atoms with Crippen molar-refractivity contribution in [1.82, 2.24) is 14.9 Å². The minimum atomic E-state index is -0.149. The highest BCUT2D eigenvalue weighted by Gasteiger charge is 2.15. The molecule has 0 aliphatic rings. The minimum Gasteiger partial charge on any atom is -0.335 e. The zero-order chi connectivity index (χ0) is 14.5. The van der Waals surface area contributed by atoms with E-state index in [0.717, 1.165) is 30.9 Å². The van der Waals surface area contributed by atoms with Crippen molar-refractivity contribution in [3.63, 3.8) is 0 Å². The van der Waals surface area contributed by atoms with Crippen LogP contribution in [0.25, 0.3) is 0 Å². The van der Waals surface area contributed by atoms with Crippen molar-refractivity contribution in [2.45, 2.75) is 39.8 Å². The number of likely N-dealkylation sites (N-methyl/N-ethyl adjacent to an activating group) is 1. The molecule has 1 aromatic carbocycles. The molecule has 3 nitrogen and oxygen atoms in total.